The number of aryl methyl sites for hydroxylation is 1. The lowest BCUT2D eigenvalue weighted by molar-refractivity contribution is 0.102. The maximum absolute atomic E-state index is 13.9. The van der Waals surface area contributed by atoms with Gasteiger partial charge in [0, 0.05) is 18.7 Å². The highest BCUT2D eigenvalue weighted by Gasteiger charge is 2.25. The fourth-order valence-electron chi connectivity index (χ4n) is 3.13. The van der Waals surface area contributed by atoms with Gasteiger partial charge in [0.25, 0.3) is 5.91 Å². The second-order valence-electron chi connectivity index (χ2n) is 6.78. The van der Waals surface area contributed by atoms with Crippen LogP contribution in [0.1, 0.15) is 41.6 Å². The van der Waals surface area contributed by atoms with E-state index in [4.69, 9.17) is 0 Å². The number of benzene rings is 2. The predicted molar refractivity (Wildman–Crippen MR) is 103 cm³/mol. The van der Waals surface area contributed by atoms with Gasteiger partial charge in [0.15, 0.2) is 0 Å². The lowest BCUT2D eigenvalue weighted by Crippen LogP contribution is -2.31. The molecule has 0 bridgehead atoms. The Hall–Kier alpha value is -2.25. The highest BCUT2D eigenvalue weighted by atomic mass is 32.2. The van der Waals surface area contributed by atoms with Crippen LogP contribution < -0.4 is 5.32 Å². The number of rotatable bonds is 4. The minimum absolute atomic E-state index is 0.0897. The summed E-state index contributed by atoms with van der Waals surface area (Å²) in [6, 6.07) is 10.3. The maximum Gasteiger partial charge on any atom is 0.255 e. The first kappa shape index (κ1) is 19.5. The second-order valence-corrected chi connectivity index (χ2v) is 8.72. The fourth-order valence-corrected chi connectivity index (χ4v) is 4.64. The van der Waals surface area contributed by atoms with Gasteiger partial charge in [-0.05, 0) is 61.7 Å². The van der Waals surface area contributed by atoms with Crippen molar-refractivity contribution in [2.75, 3.05) is 18.4 Å². The zero-order chi connectivity index (χ0) is 19.4. The molecule has 0 atom stereocenters. The summed E-state index contributed by atoms with van der Waals surface area (Å²) >= 11 is 0. The zero-order valence-electron chi connectivity index (χ0n) is 15.2. The van der Waals surface area contributed by atoms with Crippen LogP contribution in [0, 0.1) is 12.7 Å². The first-order chi connectivity index (χ1) is 12.9. The summed E-state index contributed by atoms with van der Waals surface area (Å²) in [6.45, 7) is 2.81. The van der Waals surface area contributed by atoms with Crippen molar-refractivity contribution in [3.8, 4) is 0 Å². The SMILES string of the molecule is Cc1ccc(NC(=O)c2ccc(S(=O)(=O)N3CCCCCC3)cc2)c(F)c1. The Bertz CT molecular complexity index is 919. The largest absolute Gasteiger partial charge is 0.319 e. The molecule has 0 radical (unpaired) electrons. The Morgan fingerprint density at radius 2 is 1.63 bits per heavy atom. The Kier molecular flexibility index (Phi) is 5.92. The molecule has 7 heteroatoms. The summed E-state index contributed by atoms with van der Waals surface area (Å²) in [5, 5.41) is 2.51. The number of hydrogen-bond donors (Lipinski definition) is 1. The number of nitrogens with one attached hydrogen (secondary N) is 1. The third-order valence-electron chi connectivity index (χ3n) is 4.69. The molecule has 2 aromatic carbocycles. The molecule has 27 heavy (non-hydrogen) atoms. The number of carbonyl (C=O) groups excluding carboxylic acids is 1. The molecule has 0 spiro atoms. The van der Waals surface area contributed by atoms with Crippen LogP contribution in [0.25, 0.3) is 0 Å². The van der Waals surface area contributed by atoms with Gasteiger partial charge in [0.1, 0.15) is 5.82 Å². The topological polar surface area (TPSA) is 66.5 Å². The smallest absolute Gasteiger partial charge is 0.255 e. The highest BCUT2D eigenvalue weighted by Crippen LogP contribution is 2.21. The van der Waals surface area contributed by atoms with E-state index in [2.05, 4.69) is 5.32 Å². The van der Waals surface area contributed by atoms with E-state index in [0.29, 0.717) is 13.1 Å². The van der Waals surface area contributed by atoms with E-state index in [0.717, 1.165) is 31.2 Å². The van der Waals surface area contributed by atoms with Gasteiger partial charge in [-0.2, -0.15) is 4.31 Å². The highest BCUT2D eigenvalue weighted by molar-refractivity contribution is 7.89. The molecule has 1 aliphatic rings. The number of hydrogen-bond acceptors (Lipinski definition) is 3. The summed E-state index contributed by atoms with van der Waals surface area (Å²) in [6.07, 6.45) is 3.81. The number of amides is 1. The number of sulfonamides is 1. The quantitative estimate of drug-likeness (QED) is 0.860. The van der Waals surface area contributed by atoms with Gasteiger partial charge in [0.2, 0.25) is 10.0 Å². The molecule has 0 unspecified atom stereocenters. The van der Waals surface area contributed by atoms with Gasteiger partial charge in [-0.25, -0.2) is 12.8 Å². The molecular weight excluding hydrogens is 367 g/mol. The molecule has 5 nitrogen and oxygen atoms in total. The molecule has 1 fully saturated rings. The standard InChI is InChI=1S/C20H23FN2O3S/c1-15-6-11-19(18(21)14-15)22-20(24)16-7-9-17(10-8-16)27(25,26)23-12-4-2-3-5-13-23/h6-11,14H,2-5,12-13H2,1H3,(H,22,24). The molecule has 1 N–H and O–H groups in total. The Balaban J connectivity index is 1.75. The normalized spacial score (nSPS) is 15.9. The average molecular weight is 390 g/mol. The van der Waals surface area contributed by atoms with Gasteiger partial charge in [-0.15, -0.1) is 0 Å². The molecular formula is C20H23FN2O3S. The van der Waals surface area contributed by atoms with Crippen molar-refractivity contribution in [3.63, 3.8) is 0 Å². The van der Waals surface area contributed by atoms with E-state index in [1.807, 2.05) is 0 Å². The van der Waals surface area contributed by atoms with Crippen LogP contribution in [0.15, 0.2) is 47.4 Å². The van der Waals surface area contributed by atoms with Crippen LogP contribution in [-0.4, -0.2) is 31.7 Å². The minimum Gasteiger partial charge on any atom is -0.319 e. The van der Waals surface area contributed by atoms with E-state index in [1.165, 1.54) is 40.7 Å². The van der Waals surface area contributed by atoms with Crippen molar-refractivity contribution in [2.24, 2.45) is 0 Å². The lowest BCUT2D eigenvalue weighted by atomic mass is 10.2. The summed E-state index contributed by atoms with van der Waals surface area (Å²) in [7, 11) is -3.56. The molecule has 0 aromatic heterocycles. The lowest BCUT2D eigenvalue weighted by Gasteiger charge is -2.20. The third kappa shape index (κ3) is 4.54. The van der Waals surface area contributed by atoms with Gasteiger partial charge < -0.3 is 5.32 Å². The average Bonchev–Trinajstić information content (AvgIpc) is 2.94. The van der Waals surface area contributed by atoms with Crippen molar-refractivity contribution >= 4 is 21.6 Å². The number of nitrogens with zero attached hydrogens (tertiary/aromatic N) is 1. The Labute approximate surface area is 159 Å². The third-order valence-corrected chi connectivity index (χ3v) is 6.60. The molecule has 2 aromatic rings. The Morgan fingerprint density at radius 3 is 2.22 bits per heavy atom. The van der Waals surface area contributed by atoms with Crippen molar-refractivity contribution < 1.29 is 17.6 Å². The predicted octanol–water partition coefficient (Wildman–Crippen LogP) is 3.95. The molecule has 0 aliphatic carbocycles. The molecule has 3 rings (SSSR count). The van der Waals surface area contributed by atoms with Crippen LogP contribution in [0.2, 0.25) is 0 Å². The first-order valence-corrected chi connectivity index (χ1v) is 10.5. The summed E-state index contributed by atoms with van der Waals surface area (Å²) in [5.74, 6) is -1.000. The monoisotopic (exact) mass is 390 g/mol. The van der Waals surface area contributed by atoms with Crippen molar-refractivity contribution in [2.45, 2.75) is 37.5 Å². The fraction of sp³-hybridized carbons (Fsp3) is 0.350. The van der Waals surface area contributed by atoms with E-state index < -0.39 is 21.7 Å². The Morgan fingerprint density at radius 1 is 1.00 bits per heavy atom. The van der Waals surface area contributed by atoms with Gasteiger partial charge >= 0.3 is 0 Å². The molecule has 1 saturated heterocycles. The van der Waals surface area contributed by atoms with Crippen LogP contribution in [0.3, 0.4) is 0 Å². The van der Waals surface area contributed by atoms with Crippen molar-refractivity contribution in [3.05, 3.63) is 59.4 Å². The summed E-state index contributed by atoms with van der Waals surface area (Å²) < 4.78 is 40.9. The number of carbonyl (C=O) groups is 1. The van der Waals surface area contributed by atoms with Crippen LogP contribution >= 0.6 is 0 Å². The van der Waals surface area contributed by atoms with Gasteiger partial charge in [0.05, 0.1) is 10.6 Å². The van der Waals surface area contributed by atoms with Gasteiger partial charge in [-0.3, -0.25) is 4.79 Å². The molecule has 144 valence electrons. The summed E-state index contributed by atoms with van der Waals surface area (Å²) in [4.78, 5) is 12.5. The van der Waals surface area contributed by atoms with Crippen molar-refractivity contribution in [1.82, 2.24) is 4.31 Å². The molecule has 1 aliphatic heterocycles. The van der Waals surface area contributed by atoms with E-state index in [-0.39, 0.29) is 16.1 Å². The minimum atomic E-state index is -3.56. The van der Waals surface area contributed by atoms with E-state index in [1.54, 1.807) is 13.0 Å². The summed E-state index contributed by atoms with van der Waals surface area (Å²) in [5.41, 5.74) is 1.12. The van der Waals surface area contributed by atoms with Crippen LogP contribution in [0.5, 0.6) is 0 Å². The van der Waals surface area contributed by atoms with Crippen LogP contribution in [0.4, 0.5) is 10.1 Å². The second kappa shape index (κ2) is 8.19. The van der Waals surface area contributed by atoms with E-state index >= 15 is 0 Å². The van der Waals surface area contributed by atoms with Gasteiger partial charge in [-0.1, -0.05) is 18.9 Å². The zero-order valence-corrected chi connectivity index (χ0v) is 16.1. The number of anilines is 1. The molecule has 1 amide bonds. The van der Waals surface area contributed by atoms with Crippen LogP contribution in [-0.2, 0) is 10.0 Å². The van der Waals surface area contributed by atoms with E-state index in [9.17, 15) is 17.6 Å². The molecule has 1 heterocycles. The molecule has 0 saturated carbocycles. The maximum atomic E-state index is 13.9. The first-order valence-electron chi connectivity index (χ1n) is 9.05. The number of halogens is 1. The van der Waals surface area contributed by atoms with Crippen molar-refractivity contribution in [1.29, 1.82) is 0 Å².